The number of hydrogen-bond donors (Lipinski definition) is 1. The van der Waals surface area contributed by atoms with Gasteiger partial charge in [-0.2, -0.15) is 0 Å². The molecule has 1 N–H and O–H groups in total. The minimum Gasteiger partial charge on any atom is -0.326 e. The van der Waals surface area contributed by atoms with Gasteiger partial charge in [0.2, 0.25) is 0 Å². The normalized spacial score (nSPS) is 21.3. The second kappa shape index (κ2) is 5.84. The van der Waals surface area contributed by atoms with Gasteiger partial charge in [-0.05, 0) is 12.8 Å². The van der Waals surface area contributed by atoms with Gasteiger partial charge < -0.3 is 10.2 Å². The smallest absolute Gasteiger partial charge is 0.272 e. The maximum absolute atomic E-state index is 12.3. The Kier molecular flexibility index (Phi) is 4.04. The van der Waals surface area contributed by atoms with Gasteiger partial charge in [-0.1, -0.05) is 43.7 Å². The van der Waals surface area contributed by atoms with Gasteiger partial charge in [-0.3, -0.25) is 9.79 Å². The summed E-state index contributed by atoms with van der Waals surface area (Å²) in [6.07, 6.45) is 1.81. The van der Waals surface area contributed by atoms with Crippen LogP contribution in [0.25, 0.3) is 0 Å². The molecule has 3 rings (SSSR count). The zero-order chi connectivity index (χ0) is 15.7. The summed E-state index contributed by atoms with van der Waals surface area (Å²) in [5.41, 5.74) is 2.34. The fourth-order valence-electron chi connectivity index (χ4n) is 3.33. The topological polar surface area (TPSA) is 44.7 Å². The first-order valence-electron chi connectivity index (χ1n) is 8.19. The van der Waals surface area contributed by atoms with Crippen LogP contribution < -0.4 is 5.32 Å². The average Bonchev–Trinajstić information content (AvgIpc) is 2.79. The van der Waals surface area contributed by atoms with Crippen LogP contribution in [0, 0.1) is 12.8 Å². The molecule has 4 heteroatoms. The first-order valence-corrected chi connectivity index (χ1v) is 8.19. The van der Waals surface area contributed by atoms with Crippen LogP contribution in [0.4, 0.5) is 0 Å². The summed E-state index contributed by atoms with van der Waals surface area (Å²) in [6.45, 7) is 9.67. The first-order chi connectivity index (χ1) is 10.5. The Hall–Kier alpha value is -1.68. The zero-order valence-electron chi connectivity index (χ0n) is 13.7. The fourth-order valence-corrected chi connectivity index (χ4v) is 3.33. The van der Waals surface area contributed by atoms with E-state index in [1.54, 1.807) is 0 Å². The third-order valence-electron chi connectivity index (χ3n) is 4.52. The van der Waals surface area contributed by atoms with E-state index in [2.05, 4.69) is 24.1 Å². The van der Waals surface area contributed by atoms with Gasteiger partial charge >= 0.3 is 0 Å². The van der Waals surface area contributed by atoms with Crippen molar-refractivity contribution in [3.8, 4) is 0 Å². The number of aliphatic imine (C=N–C) groups is 1. The second-order valence-corrected chi connectivity index (χ2v) is 7.01. The van der Waals surface area contributed by atoms with Crippen molar-refractivity contribution in [1.82, 2.24) is 10.2 Å². The molecule has 22 heavy (non-hydrogen) atoms. The largest absolute Gasteiger partial charge is 0.326 e. The van der Waals surface area contributed by atoms with E-state index in [0.29, 0.717) is 11.6 Å². The Morgan fingerprint density at radius 1 is 1.23 bits per heavy atom. The monoisotopic (exact) mass is 299 g/mol. The van der Waals surface area contributed by atoms with E-state index >= 15 is 0 Å². The number of amides is 1. The number of nitrogens with zero attached hydrogens (tertiary/aromatic N) is 2. The molecule has 0 radical (unpaired) electrons. The second-order valence-electron chi connectivity index (χ2n) is 7.01. The Morgan fingerprint density at radius 3 is 2.45 bits per heavy atom. The van der Waals surface area contributed by atoms with Crippen LogP contribution in [0.1, 0.15) is 37.8 Å². The van der Waals surface area contributed by atoms with Crippen molar-refractivity contribution >= 4 is 11.6 Å². The molecule has 0 aromatic heterocycles. The standard InChI is InChI=1S/C18H25N3O/c1-13(2)12-21-10-8-18(9-11-21)19-16(17(22)20-18)15-6-4-14(3)5-7-15/h4-7,13H,8-12H2,1-3H3,(H,20,22). The lowest BCUT2D eigenvalue weighted by Crippen LogP contribution is -2.51. The van der Waals surface area contributed by atoms with Crippen molar-refractivity contribution in [3.05, 3.63) is 35.4 Å². The molecule has 0 atom stereocenters. The highest BCUT2D eigenvalue weighted by atomic mass is 16.2. The highest BCUT2D eigenvalue weighted by molar-refractivity contribution is 6.46. The van der Waals surface area contributed by atoms with Crippen LogP contribution in [0.2, 0.25) is 0 Å². The lowest BCUT2D eigenvalue weighted by Gasteiger charge is -2.37. The van der Waals surface area contributed by atoms with Crippen LogP contribution in [0.15, 0.2) is 29.3 Å². The predicted octanol–water partition coefficient (Wildman–Crippen LogP) is 2.36. The molecule has 0 aliphatic carbocycles. The highest BCUT2D eigenvalue weighted by Gasteiger charge is 2.41. The van der Waals surface area contributed by atoms with E-state index in [-0.39, 0.29) is 11.6 Å². The number of carbonyl (C=O) groups excluding carboxylic acids is 1. The van der Waals surface area contributed by atoms with E-state index in [4.69, 9.17) is 4.99 Å². The van der Waals surface area contributed by atoms with Crippen molar-refractivity contribution in [2.24, 2.45) is 10.9 Å². The predicted molar refractivity (Wildman–Crippen MR) is 89.1 cm³/mol. The third-order valence-corrected chi connectivity index (χ3v) is 4.52. The zero-order valence-corrected chi connectivity index (χ0v) is 13.7. The first kappa shape index (κ1) is 15.2. The minimum absolute atomic E-state index is 0.0267. The molecule has 4 nitrogen and oxygen atoms in total. The Morgan fingerprint density at radius 2 is 1.86 bits per heavy atom. The summed E-state index contributed by atoms with van der Waals surface area (Å²) in [6, 6.07) is 8.03. The van der Waals surface area contributed by atoms with Crippen molar-refractivity contribution in [3.63, 3.8) is 0 Å². The van der Waals surface area contributed by atoms with E-state index < -0.39 is 0 Å². The van der Waals surface area contributed by atoms with Crippen molar-refractivity contribution in [1.29, 1.82) is 0 Å². The van der Waals surface area contributed by atoms with Gasteiger partial charge in [0.25, 0.3) is 5.91 Å². The molecule has 1 aromatic rings. The van der Waals surface area contributed by atoms with Crippen LogP contribution in [0.3, 0.4) is 0 Å². The number of aryl methyl sites for hydroxylation is 1. The van der Waals surface area contributed by atoms with Crippen molar-refractivity contribution in [2.45, 2.75) is 39.3 Å². The summed E-state index contributed by atoms with van der Waals surface area (Å²) in [5, 5.41) is 3.14. The molecule has 0 saturated carbocycles. The van der Waals surface area contributed by atoms with Gasteiger partial charge in [0.15, 0.2) is 0 Å². The molecular formula is C18H25N3O. The average molecular weight is 299 g/mol. The van der Waals surface area contributed by atoms with Crippen LogP contribution >= 0.6 is 0 Å². The Bertz CT molecular complexity index is 581. The Balaban J connectivity index is 1.74. The summed E-state index contributed by atoms with van der Waals surface area (Å²) in [4.78, 5) is 19.6. The molecule has 2 aliphatic rings. The molecule has 1 saturated heterocycles. The summed E-state index contributed by atoms with van der Waals surface area (Å²) in [5.74, 6) is 0.653. The molecule has 2 heterocycles. The fraction of sp³-hybridized carbons (Fsp3) is 0.556. The van der Waals surface area contributed by atoms with Gasteiger partial charge in [-0.25, -0.2) is 0 Å². The summed E-state index contributed by atoms with van der Waals surface area (Å²) < 4.78 is 0. The molecule has 1 aromatic carbocycles. The molecule has 1 spiro atoms. The lowest BCUT2D eigenvalue weighted by atomic mass is 9.97. The molecule has 0 bridgehead atoms. The van der Waals surface area contributed by atoms with E-state index in [0.717, 1.165) is 38.0 Å². The minimum atomic E-state index is -0.370. The Labute approximate surface area is 132 Å². The SMILES string of the molecule is Cc1ccc(C2=NC3(CCN(CC(C)C)CC3)NC2=O)cc1. The van der Waals surface area contributed by atoms with Gasteiger partial charge in [0.1, 0.15) is 11.4 Å². The molecular weight excluding hydrogens is 274 g/mol. The van der Waals surface area contributed by atoms with Crippen LogP contribution in [-0.4, -0.2) is 41.8 Å². The van der Waals surface area contributed by atoms with Crippen LogP contribution in [0.5, 0.6) is 0 Å². The number of rotatable bonds is 3. The van der Waals surface area contributed by atoms with E-state index in [9.17, 15) is 4.79 Å². The number of hydrogen-bond acceptors (Lipinski definition) is 3. The van der Waals surface area contributed by atoms with E-state index in [1.165, 1.54) is 5.56 Å². The number of benzene rings is 1. The molecule has 2 aliphatic heterocycles. The number of nitrogens with one attached hydrogen (secondary N) is 1. The van der Waals surface area contributed by atoms with Gasteiger partial charge in [-0.15, -0.1) is 0 Å². The summed E-state index contributed by atoms with van der Waals surface area (Å²) in [7, 11) is 0. The van der Waals surface area contributed by atoms with Crippen LogP contribution in [-0.2, 0) is 4.79 Å². The number of likely N-dealkylation sites (tertiary alicyclic amines) is 1. The van der Waals surface area contributed by atoms with Gasteiger partial charge in [0, 0.05) is 38.0 Å². The van der Waals surface area contributed by atoms with E-state index in [1.807, 2.05) is 31.2 Å². The maximum Gasteiger partial charge on any atom is 0.272 e. The van der Waals surface area contributed by atoms with Crippen molar-refractivity contribution < 1.29 is 4.79 Å². The molecule has 1 amide bonds. The maximum atomic E-state index is 12.3. The van der Waals surface area contributed by atoms with Gasteiger partial charge in [0.05, 0.1) is 0 Å². The van der Waals surface area contributed by atoms with Crippen molar-refractivity contribution in [2.75, 3.05) is 19.6 Å². The lowest BCUT2D eigenvalue weighted by molar-refractivity contribution is -0.115. The quantitative estimate of drug-likeness (QED) is 0.931. The highest BCUT2D eigenvalue weighted by Crippen LogP contribution is 2.29. The number of carbonyl (C=O) groups is 1. The molecule has 0 unspecified atom stereocenters. The number of piperidine rings is 1. The molecule has 1 fully saturated rings. The third kappa shape index (κ3) is 3.07. The summed E-state index contributed by atoms with van der Waals surface area (Å²) >= 11 is 0. The molecule has 118 valence electrons.